The normalized spacial score (nSPS) is 19.9. The van der Waals surface area contributed by atoms with E-state index in [4.69, 9.17) is 10.00 Å². The standard InChI is InChI=1S/C11H20N2O/c1-10(14-2)9-13(8-7-12)11-5-3-4-6-11/h10-11H,3-6,8-9H2,1-2H3. The fraction of sp³-hybridized carbons (Fsp3) is 0.909. The molecule has 1 saturated carbocycles. The van der Waals surface area contributed by atoms with Crippen molar-refractivity contribution >= 4 is 0 Å². The van der Waals surface area contributed by atoms with E-state index in [0.717, 1.165) is 6.54 Å². The fourth-order valence-electron chi connectivity index (χ4n) is 2.11. The summed E-state index contributed by atoms with van der Waals surface area (Å²) < 4.78 is 5.24. The van der Waals surface area contributed by atoms with Crippen LogP contribution in [0.15, 0.2) is 0 Å². The highest BCUT2D eigenvalue weighted by Crippen LogP contribution is 2.23. The van der Waals surface area contributed by atoms with Crippen molar-refractivity contribution in [2.45, 2.75) is 44.8 Å². The highest BCUT2D eigenvalue weighted by molar-refractivity contribution is 4.85. The second-order valence-corrected chi connectivity index (χ2v) is 4.07. The minimum Gasteiger partial charge on any atom is -0.380 e. The maximum absolute atomic E-state index is 8.75. The Bertz CT molecular complexity index is 194. The predicted molar refractivity (Wildman–Crippen MR) is 55.9 cm³/mol. The molecule has 0 heterocycles. The van der Waals surface area contributed by atoms with Crippen LogP contribution in [0.4, 0.5) is 0 Å². The Morgan fingerprint density at radius 1 is 1.50 bits per heavy atom. The van der Waals surface area contributed by atoms with E-state index < -0.39 is 0 Å². The molecule has 0 bridgehead atoms. The topological polar surface area (TPSA) is 36.3 Å². The Hall–Kier alpha value is -0.590. The van der Waals surface area contributed by atoms with E-state index in [-0.39, 0.29) is 6.10 Å². The van der Waals surface area contributed by atoms with Gasteiger partial charge in [-0.25, -0.2) is 0 Å². The van der Waals surface area contributed by atoms with E-state index in [2.05, 4.69) is 17.9 Å². The Morgan fingerprint density at radius 3 is 2.64 bits per heavy atom. The monoisotopic (exact) mass is 196 g/mol. The first-order chi connectivity index (χ1) is 6.77. The van der Waals surface area contributed by atoms with Gasteiger partial charge in [0.1, 0.15) is 0 Å². The molecule has 0 spiro atoms. The number of rotatable bonds is 5. The summed E-state index contributed by atoms with van der Waals surface area (Å²) in [6.45, 7) is 3.48. The average molecular weight is 196 g/mol. The molecule has 80 valence electrons. The summed E-state index contributed by atoms with van der Waals surface area (Å²) in [5.41, 5.74) is 0. The van der Waals surface area contributed by atoms with Gasteiger partial charge >= 0.3 is 0 Å². The molecule has 0 aromatic heterocycles. The predicted octanol–water partition coefficient (Wildman–Crippen LogP) is 1.79. The Kier molecular flexibility index (Phi) is 4.92. The first kappa shape index (κ1) is 11.5. The van der Waals surface area contributed by atoms with Gasteiger partial charge in [0, 0.05) is 19.7 Å². The minimum absolute atomic E-state index is 0.226. The number of nitriles is 1. The molecular weight excluding hydrogens is 176 g/mol. The zero-order valence-electron chi connectivity index (χ0n) is 9.20. The molecule has 0 saturated heterocycles. The Balaban J connectivity index is 2.41. The molecule has 0 aromatic rings. The van der Waals surface area contributed by atoms with Gasteiger partial charge in [0.15, 0.2) is 0 Å². The molecule has 14 heavy (non-hydrogen) atoms. The van der Waals surface area contributed by atoms with E-state index >= 15 is 0 Å². The third-order valence-corrected chi connectivity index (χ3v) is 3.01. The van der Waals surface area contributed by atoms with Crippen LogP contribution in [-0.2, 0) is 4.74 Å². The van der Waals surface area contributed by atoms with Gasteiger partial charge in [-0.3, -0.25) is 4.90 Å². The SMILES string of the molecule is COC(C)CN(CC#N)C1CCCC1. The smallest absolute Gasteiger partial charge is 0.0869 e. The third kappa shape index (κ3) is 3.28. The third-order valence-electron chi connectivity index (χ3n) is 3.01. The van der Waals surface area contributed by atoms with Crippen molar-refractivity contribution in [1.29, 1.82) is 5.26 Å². The van der Waals surface area contributed by atoms with Crippen LogP contribution in [-0.4, -0.2) is 37.2 Å². The lowest BCUT2D eigenvalue weighted by molar-refractivity contribution is 0.0666. The van der Waals surface area contributed by atoms with E-state index in [1.54, 1.807) is 7.11 Å². The first-order valence-corrected chi connectivity index (χ1v) is 5.41. The molecule has 1 unspecified atom stereocenters. The van der Waals surface area contributed by atoms with Crippen LogP contribution in [0, 0.1) is 11.3 Å². The van der Waals surface area contributed by atoms with Crippen LogP contribution in [0.25, 0.3) is 0 Å². The highest BCUT2D eigenvalue weighted by Gasteiger charge is 2.23. The molecule has 0 amide bonds. The molecule has 1 aliphatic carbocycles. The molecule has 3 heteroatoms. The van der Waals surface area contributed by atoms with Crippen LogP contribution in [0.1, 0.15) is 32.6 Å². The average Bonchev–Trinajstić information content (AvgIpc) is 2.69. The Labute approximate surface area is 86.6 Å². The van der Waals surface area contributed by atoms with E-state index in [9.17, 15) is 0 Å². The van der Waals surface area contributed by atoms with Gasteiger partial charge in [-0.05, 0) is 19.8 Å². The lowest BCUT2D eigenvalue weighted by Crippen LogP contribution is -2.39. The molecule has 0 radical (unpaired) electrons. The maximum Gasteiger partial charge on any atom is 0.0869 e. The van der Waals surface area contributed by atoms with Gasteiger partial charge in [0.25, 0.3) is 0 Å². The molecule has 1 rings (SSSR count). The molecule has 0 aromatic carbocycles. The number of ether oxygens (including phenoxy) is 1. The van der Waals surface area contributed by atoms with Crippen LogP contribution in [0.3, 0.4) is 0 Å². The summed E-state index contributed by atoms with van der Waals surface area (Å²) in [6.07, 6.45) is 5.35. The highest BCUT2D eigenvalue weighted by atomic mass is 16.5. The summed E-state index contributed by atoms with van der Waals surface area (Å²) in [6, 6.07) is 2.86. The molecule has 3 nitrogen and oxygen atoms in total. The van der Waals surface area contributed by atoms with E-state index in [1.807, 2.05) is 0 Å². The van der Waals surface area contributed by atoms with Gasteiger partial charge in [-0.2, -0.15) is 5.26 Å². The number of methoxy groups -OCH3 is 1. The summed E-state index contributed by atoms with van der Waals surface area (Å²) in [4.78, 5) is 2.27. The van der Waals surface area contributed by atoms with E-state index in [1.165, 1.54) is 25.7 Å². The summed E-state index contributed by atoms with van der Waals surface area (Å²) in [5, 5.41) is 8.75. The van der Waals surface area contributed by atoms with Crippen LogP contribution in [0.5, 0.6) is 0 Å². The molecule has 0 N–H and O–H groups in total. The fourth-order valence-corrected chi connectivity index (χ4v) is 2.11. The van der Waals surface area contributed by atoms with Crippen molar-refractivity contribution in [3.05, 3.63) is 0 Å². The second-order valence-electron chi connectivity index (χ2n) is 4.07. The van der Waals surface area contributed by atoms with Crippen molar-refractivity contribution in [3.63, 3.8) is 0 Å². The number of hydrogen-bond acceptors (Lipinski definition) is 3. The van der Waals surface area contributed by atoms with Crippen LogP contribution < -0.4 is 0 Å². The van der Waals surface area contributed by atoms with Crippen molar-refractivity contribution in [2.75, 3.05) is 20.2 Å². The summed E-state index contributed by atoms with van der Waals surface area (Å²) in [5.74, 6) is 0. The Morgan fingerprint density at radius 2 is 2.14 bits per heavy atom. The van der Waals surface area contributed by atoms with Gasteiger partial charge in [-0.15, -0.1) is 0 Å². The van der Waals surface area contributed by atoms with Gasteiger partial charge in [0.05, 0.1) is 18.7 Å². The molecule has 0 aliphatic heterocycles. The first-order valence-electron chi connectivity index (χ1n) is 5.41. The molecule has 1 atom stereocenters. The number of nitrogens with zero attached hydrogens (tertiary/aromatic N) is 2. The quantitative estimate of drug-likeness (QED) is 0.629. The van der Waals surface area contributed by atoms with Gasteiger partial charge in [-0.1, -0.05) is 12.8 Å². The minimum atomic E-state index is 0.226. The molecular formula is C11H20N2O. The molecule has 1 aliphatic rings. The van der Waals surface area contributed by atoms with Crippen LogP contribution >= 0.6 is 0 Å². The lowest BCUT2D eigenvalue weighted by Gasteiger charge is -2.28. The van der Waals surface area contributed by atoms with Crippen molar-refractivity contribution in [3.8, 4) is 6.07 Å². The molecule has 1 fully saturated rings. The lowest BCUT2D eigenvalue weighted by atomic mass is 10.2. The van der Waals surface area contributed by atoms with Gasteiger partial charge in [0.2, 0.25) is 0 Å². The maximum atomic E-state index is 8.75. The zero-order chi connectivity index (χ0) is 10.4. The van der Waals surface area contributed by atoms with Crippen molar-refractivity contribution < 1.29 is 4.74 Å². The van der Waals surface area contributed by atoms with Gasteiger partial charge < -0.3 is 4.74 Å². The van der Waals surface area contributed by atoms with Crippen LogP contribution in [0.2, 0.25) is 0 Å². The summed E-state index contributed by atoms with van der Waals surface area (Å²) >= 11 is 0. The number of hydrogen-bond donors (Lipinski definition) is 0. The van der Waals surface area contributed by atoms with E-state index in [0.29, 0.717) is 12.6 Å². The van der Waals surface area contributed by atoms with Crippen molar-refractivity contribution in [1.82, 2.24) is 4.90 Å². The van der Waals surface area contributed by atoms with Crippen molar-refractivity contribution in [2.24, 2.45) is 0 Å². The second kappa shape index (κ2) is 6.00. The summed E-state index contributed by atoms with van der Waals surface area (Å²) in [7, 11) is 1.73. The largest absolute Gasteiger partial charge is 0.380 e. The zero-order valence-corrected chi connectivity index (χ0v) is 9.20.